The van der Waals surface area contributed by atoms with Crippen molar-refractivity contribution in [3.63, 3.8) is 0 Å². The molecule has 394 valence electrons. The van der Waals surface area contributed by atoms with Crippen molar-refractivity contribution in [3.05, 3.63) is 59.2 Å². The van der Waals surface area contributed by atoms with Crippen molar-refractivity contribution < 1.29 is 71.1 Å². The van der Waals surface area contributed by atoms with Crippen molar-refractivity contribution in [2.75, 3.05) is 25.6 Å². The van der Waals surface area contributed by atoms with E-state index < -0.39 is 83.7 Å². The number of carbonyl (C=O) groups is 3. The van der Waals surface area contributed by atoms with E-state index in [9.17, 15) is 48.3 Å². The van der Waals surface area contributed by atoms with Gasteiger partial charge >= 0.3 is 33.3 Å². The molecule has 1 fully saturated rings. The van der Waals surface area contributed by atoms with E-state index in [-0.39, 0.29) is 24.4 Å². The fraction of sp³-hybridized carbons (Fsp3) is 0.729. The second kappa shape index (κ2) is 36.6. The van der Waals surface area contributed by atoms with E-state index in [1.807, 2.05) is 6.08 Å². The first-order valence-corrected chi connectivity index (χ1v) is 27.9. The Labute approximate surface area is 408 Å². The van der Waals surface area contributed by atoms with Crippen molar-refractivity contribution in [3.8, 4) is 0 Å². The molecular formula is C48H81N3O16P2. The fourth-order valence-electron chi connectivity index (χ4n) is 7.23. The van der Waals surface area contributed by atoms with Crippen LogP contribution in [0.3, 0.4) is 0 Å². The number of aliphatic hydroxyl groups excluding tert-OH is 2. The maximum Gasteiger partial charge on any atom is 0.481 e. The molecule has 19 nitrogen and oxygen atoms in total. The van der Waals surface area contributed by atoms with Crippen LogP contribution in [-0.4, -0.2) is 91.5 Å². The average Bonchev–Trinajstić information content (AvgIpc) is 3.58. The zero-order valence-electron chi connectivity index (χ0n) is 40.9. The molecular weight excluding hydrogens is 936 g/mol. The maximum atomic E-state index is 12.8. The molecule has 1 aromatic heterocycles. The number of allylic oxidation sites excluding steroid dienone is 6. The molecule has 0 bridgehead atoms. The average molecular weight is 1020 g/mol. The third kappa shape index (κ3) is 29.6. The van der Waals surface area contributed by atoms with Gasteiger partial charge in [0.05, 0.1) is 13.2 Å². The van der Waals surface area contributed by atoms with E-state index in [2.05, 4.69) is 41.4 Å². The lowest BCUT2D eigenvalue weighted by molar-refractivity contribution is -0.161. The van der Waals surface area contributed by atoms with Crippen molar-refractivity contribution in [2.45, 2.75) is 205 Å². The molecule has 21 heteroatoms. The number of phosphoric ester groups is 2. The zero-order valence-corrected chi connectivity index (χ0v) is 42.6. The van der Waals surface area contributed by atoms with Crippen LogP contribution in [0.5, 0.6) is 0 Å². The number of hydrogen-bond acceptors (Lipinski definition) is 16. The Bertz CT molecular complexity index is 1860. The molecule has 2 rings (SSSR count). The number of rotatable bonds is 41. The molecule has 0 aliphatic carbocycles. The molecule has 69 heavy (non-hydrogen) atoms. The number of aromatic nitrogens is 2. The summed E-state index contributed by atoms with van der Waals surface area (Å²) in [7, 11) is -10.9. The van der Waals surface area contributed by atoms with E-state index in [0.29, 0.717) is 25.7 Å². The van der Waals surface area contributed by atoms with Gasteiger partial charge in [0.2, 0.25) is 0 Å². The normalized spacial score (nSPS) is 19.6. The molecule has 1 aliphatic heterocycles. The highest BCUT2D eigenvalue weighted by atomic mass is 31.3. The lowest BCUT2D eigenvalue weighted by Gasteiger charge is -2.21. The maximum absolute atomic E-state index is 12.8. The van der Waals surface area contributed by atoms with Gasteiger partial charge in [-0.05, 0) is 69.9 Å². The first-order chi connectivity index (χ1) is 33.1. The van der Waals surface area contributed by atoms with Crippen LogP contribution in [0.15, 0.2) is 53.5 Å². The van der Waals surface area contributed by atoms with Gasteiger partial charge in [-0.25, -0.2) is 13.9 Å². The summed E-state index contributed by atoms with van der Waals surface area (Å²) in [5, 5.41) is 20.9. The van der Waals surface area contributed by atoms with Crippen LogP contribution in [0.1, 0.15) is 181 Å². The Morgan fingerprint density at radius 1 is 0.725 bits per heavy atom. The summed E-state index contributed by atoms with van der Waals surface area (Å²) in [6.07, 6.45) is 27.6. The Morgan fingerprint density at radius 2 is 1.26 bits per heavy atom. The van der Waals surface area contributed by atoms with E-state index in [1.165, 1.54) is 38.2 Å². The second-order valence-electron chi connectivity index (χ2n) is 17.3. The molecule has 6 N–H and O–H groups in total. The third-order valence-electron chi connectivity index (χ3n) is 11.2. The number of unbranched alkanes of at least 4 members (excludes halogenated alkanes) is 18. The Kier molecular flexibility index (Phi) is 32.7. The number of nitrogens with two attached hydrogens (primary N) is 1. The first kappa shape index (κ1) is 61.8. The summed E-state index contributed by atoms with van der Waals surface area (Å²) in [5.41, 5.74) is 4.57. The minimum Gasteiger partial charge on any atom is -0.462 e. The summed E-state index contributed by atoms with van der Waals surface area (Å²) >= 11 is 0. The molecule has 0 spiro atoms. The topological polar surface area (TPSA) is 283 Å². The third-order valence-corrected chi connectivity index (χ3v) is 13.8. The van der Waals surface area contributed by atoms with E-state index in [0.717, 1.165) is 101 Å². The number of esters is 2. The van der Waals surface area contributed by atoms with Crippen LogP contribution >= 0.6 is 15.6 Å². The van der Waals surface area contributed by atoms with Crippen molar-refractivity contribution >= 4 is 39.2 Å². The van der Waals surface area contributed by atoms with Gasteiger partial charge in [0.15, 0.2) is 18.1 Å². The highest BCUT2D eigenvalue weighted by molar-refractivity contribution is 7.61. The van der Waals surface area contributed by atoms with E-state index in [1.54, 1.807) is 12.2 Å². The minimum absolute atomic E-state index is 0.0205. The lowest BCUT2D eigenvalue weighted by Crippen LogP contribution is -2.36. The van der Waals surface area contributed by atoms with Gasteiger partial charge in [0.1, 0.15) is 30.7 Å². The van der Waals surface area contributed by atoms with E-state index >= 15 is 0 Å². The molecule has 0 saturated carbocycles. The van der Waals surface area contributed by atoms with Crippen molar-refractivity contribution in [2.24, 2.45) is 0 Å². The standard InChI is InChI=1S/C48H81N3O16P2/c1-3-5-7-9-11-12-13-14-15-16-17-18-20-24-29-33-44(54)65-40(36-62-43(53)32-28-25-21-23-27-31-39(52)30-26-22-19-10-8-6-4-2)37-63-68(58,59)67-69(60,61)64-38-41-45(55)46(56)47(66-41)51-35-34-42(49)50-48(51)57/h12-13,19,22,26,30,34-35,40-41,45-47,55-56H,3-11,14-18,20-21,23-25,27-29,31-33,36-38H2,1-2H3,(H,58,59)(H,60,61)(H2,49,50,57)/b13-12-,22-19-,30-26+/t40-,41-,45-,46-,47-/m1/s1. The van der Waals surface area contributed by atoms with Crippen molar-refractivity contribution in [1.82, 2.24) is 9.55 Å². The van der Waals surface area contributed by atoms with Crippen LogP contribution in [0.25, 0.3) is 0 Å². The van der Waals surface area contributed by atoms with Gasteiger partial charge in [-0.2, -0.15) is 9.29 Å². The monoisotopic (exact) mass is 1020 g/mol. The lowest BCUT2D eigenvalue weighted by atomic mass is 10.1. The van der Waals surface area contributed by atoms with Crippen LogP contribution in [-0.2, 0) is 51.1 Å². The number of aliphatic hydroxyl groups is 2. The smallest absolute Gasteiger partial charge is 0.462 e. The number of nitrogen functional groups attached to an aromatic ring is 1. The summed E-state index contributed by atoms with van der Waals surface area (Å²) in [4.78, 5) is 73.9. The predicted molar refractivity (Wildman–Crippen MR) is 262 cm³/mol. The molecule has 7 atom stereocenters. The number of ketones is 1. The Hall–Kier alpha value is -3.35. The van der Waals surface area contributed by atoms with Gasteiger partial charge in [-0.3, -0.25) is 28.0 Å². The number of ether oxygens (including phenoxy) is 3. The number of carbonyl (C=O) groups excluding carboxylic acids is 3. The van der Waals surface area contributed by atoms with Crippen LogP contribution in [0, 0.1) is 0 Å². The van der Waals surface area contributed by atoms with Gasteiger partial charge in [-0.1, -0.05) is 128 Å². The number of phosphoric acid groups is 2. The van der Waals surface area contributed by atoms with Gasteiger partial charge < -0.3 is 39.9 Å². The highest BCUT2D eigenvalue weighted by Crippen LogP contribution is 2.60. The molecule has 1 aliphatic rings. The summed E-state index contributed by atoms with van der Waals surface area (Å²) in [6, 6.07) is 1.24. The zero-order chi connectivity index (χ0) is 50.8. The Morgan fingerprint density at radius 3 is 1.90 bits per heavy atom. The summed E-state index contributed by atoms with van der Waals surface area (Å²) in [5.74, 6) is -1.34. The van der Waals surface area contributed by atoms with Crippen LogP contribution in [0.4, 0.5) is 5.82 Å². The van der Waals surface area contributed by atoms with Gasteiger partial charge in [0, 0.05) is 25.5 Å². The second-order valence-corrected chi connectivity index (χ2v) is 20.4. The van der Waals surface area contributed by atoms with E-state index in [4.69, 9.17) is 29.0 Å². The molecule has 0 amide bonds. The molecule has 1 saturated heterocycles. The highest BCUT2D eigenvalue weighted by Gasteiger charge is 2.46. The number of hydrogen-bond donors (Lipinski definition) is 5. The summed E-state index contributed by atoms with van der Waals surface area (Å²) < 4.78 is 56.6. The molecule has 0 radical (unpaired) electrons. The number of nitrogens with zero attached hydrogens (tertiary/aromatic N) is 2. The number of anilines is 1. The largest absolute Gasteiger partial charge is 0.481 e. The SMILES string of the molecule is CCCCC/C=C\C=C\C(=O)CCCCCCCC(=O)OC[C@H](COP(=O)(O)OP(=O)(O)OC[C@H]1O[C@@H](n2ccc(N)nc2=O)[C@H](O)[C@@H]1O)OC(=O)CCCCCCCCC/C=C\CCCCCC. The quantitative estimate of drug-likeness (QED) is 0.0102. The molecule has 2 heterocycles. The molecule has 0 aromatic carbocycles. The van der Waals surface area contributed by atoms with Gasteiger partial charge in [-0.15, -0.1) is 0 Å². The fourth-order valence-corrected chi connectivity index (χ4v) is 9.34. The molecule has 2 unspecified atom stereocenters. The Balaban J connectivity index is 1.83. The van der Waals surface area contributed by atoms with Crippen LogP contribution < -0.4 is 11.4 Å². The van der Waals surface area contributed by atoms with Crippen LogP contribution in [0.2, 0.25) is 0 Å². The predicted octanol–water partition coefficient (Wildman–Crippen LogP) is 9.18. The first-order valence-electron chi connectivity index (χ1n) is 25.0. The molecule has 1 aromatic rings. The van der Waals surface area contributed by atoms with Crippen molar-refractivity contribution in [1.29, 1.82) is 0 Å². The summed E-state index contributed by atoms with van der Waals surface area (Å²) in [6.45, 7) is 1.97. The van der Waals surface area contributed by atoms with Gasteiger partial charge in [0.25, 0.3) is 0 Å². The minimum atomic E-state index is -5.44.